The number of ether oxygens (including phenoxy) is 3. The van der Waals surface area contributed by atoms with Crippen LogP contribution in [0, 0.1) is 0 Å². The van der Waals surface area contributed by atoms with Gasteiger partial charge in [0.25, 0.3) is 0 Å². The highest BCUT2D eigenvalue weighted by Crippen LogP contribution is 2.09. The third-order valence-corrected chi connectivity index (χ3v) is 2.22. The van der Waals surface area contributed by atoms with Crippen LogP contribution in [-0.2, 0) is 19.0 Å². The first-order valence-electron chi connectivity index (χ1n) is 6.24. The van der Waals surface area contributed by atoms with Gasteiger partial charge >= 0.3 is 5.97 Å². The Balaban J connectivity index is 3.87. The summed E-state index contributed by atoms with van der Waals surface area (Å²) in [6.45, 7) is 8.95. The molecule has 0 radical (unpaired) electrons. The lowest BCUT2D eigenvalue weighted by molar-refractivity contribution is -0.156. The number of unbranched alkanes of at least 4 members (excludes halogenated alkanes) is 1. The second-order valence-corrected chi connectivity index (χ2v) is 4.99. The molecule has 1 unspecified atom stereocenters. The average Bonchev–Trinajstić information content (AvgIpc) is 2.25. The van der Waals surface area contributed by atoms with Gasteiger partial charge in [0.05, 0.1) is 25.9 Å². The van der Waals surface area contributed by atoms with E-state index in [4.69, 9.17) is 14.2 Å². The Labute approximate surface area is 105 Å². The fourth-order valence-corrected chi connectivity index (χ4v) is 1.33. The molecule has 0 spiro atoms. The number of rotatable bonds is 8. The summed E-state index contributed by atoms with van der Waals surface area (Å²) in [4.78, 5) is 11.4. The maximum Gasteiger partial charge on any atom is 0.334 e. The molecule has 1 atom stereocenters. The summed E-state index contributed by atoms with van der Waals surface area (Å²) in [5.41, 5.74) is -0.173. The smallest absolute Gasteiger partial charge is 0.334 e. The number of hydrogen-bond donors (Lipinski definition) is 0. The lowest BCUT2D eigenvalue weighted by Crippen LogP contribution is -2.29. The molecule has 0 N–H and O–H groups in total. The van der Waals surface area contributed by atoms with Crippen LogP contribution in [0.5, 0.6) is 0 Å². The van der Waals surface area contributed by atoms with Gasteiger partial charge in [-0.3, -0.25) is 0 Å². The Morgan fingerprint density at radius 3 is 2.35 bits per heavy atom. The summed E-state index contributed by atoms with van der Waals surface area (Å²) < 4.78 is 15.7. The van der Waals surface area contributed by atoms with E-state index in [9.17, 15) is 4.79 Å². The van der Waals surface area contributed by atoms with E-state index in [2.05, 4.69) is 6.92 Å². The Morgan fingerprint density at radius 2 is 1.88 bits per heavy atom. The van der Waals surface area contributed by atoms with Crippen LogP contribution in [0.1, 0.15) is 47.0 Å². The third kappa shape index (κ3) is 9.12. The zero-order chi connectivity index (χ0) is 13.3. The number of hydrogen-bond acceptors (Lipinski definition) is 4. The van der Waals surface area contributed by atoms with Crippen LogP contribution < -0.4 is 0 Å². The zero-order valence-electron chi connectivity index (χ0n) is 11.7. The summed E-state index contributed by atoms with van der Waals surface area (Å²) in [5, 5.41) is 0. The Kier molecular flexibility index (Phi) is 8.17. The second kappa shape index (κ2) is 8.48. The molecule has 17 heavy (non-hydrogen) atoms. The lowest BCUT2D eigenvalue weighted by atomic mass is 10.1. The van der Waals surface area contributed by atoms with Gasteiger partial charge in [0.2, 0.25) is 0 Å². The first-order chi connectivity index (χ1) is 7.90. The number of carbonyl (C=O) groups excluding carboxylic acids is 1. The van der Waals surface area contributed by atoms with Crippen molar-refractivity contribution in [2.45, 2.75) is 58.7 Å². The van der Waals surface area contributed by atoms with E-state index in [0.29, 0.717) is 19.6 Å². The van der Waals surface area contributed by atoms with Gasteiger partial charge in [0, 0.05) is 0 Å². The van der Waals surface area contributed by atoms with E-state index in [1.54, 1.807) is 0 Å². The number of methoxy groups -OCH3 is 1. The minimum atomic E-state index is -0.455. The topological polar surface area (TPSA) is 44.8 Å². The summed E-state index contributed by atoms with van der Waals surface area (Å²) >= 11 is 0. The van der Waals surface area contributed by atoms with Gasteiger partial charge in [-0.2, -0.15) is 0 Å². The molecular weight excluding hydrogens is 220 g/mol. The van der Waals surface area contributed by atoms with E-state index in [1.807, 2.05) is 20.8 Å². The van der Waals surface area contributed by atoms with E-state index in [0.717, 1.165) is 12.8 Å². The largest absolute Gasteiger partial charge is 0.467 e. The molecule has 0 rings (SSSR count). The van der Waals surface area contributed by atoms with Gasteiger partial charge in [-0.15, -0.1) is 0 Å². The Bertz CT molecular complexity index is 208. The maximum atomic E-state index is 11.4. The average molecular weight is 246 g/mol. The second-order valence-electron chi connectivity index (χ2n) is 4.99. The van der Waals surface area contributed by atoms with Crippen molar-refractivity contribution in [3.8, 4) is 0 Å². The molecule has 0 heterocycles. The van der Waals surface area contributed by atoms with Gasteiger partial charge in [-0.25, -0.2) is 4.79 Å². The number of esters is 1. The van der Waals surface area contributed by atoms with Crippen molar-refractivity contribution in [2.24, 2.45) is 0 Å². The van der Waals surface area contributed by atoms with Gasteiger partial charge in [-0.05, 0) is 27.2 Å². The van der Waals surface area contributed by atoms with Crippen molar-refractivity contribution >= 4 is 5.97 Å². The van der Waals surface area contributed by atoms with E-state index in [-0.39, 0.29) is 11.6 Å². The molecule has 4 heteroatoms. The highest BCUT2D eigenvalue weighted by atomic mass is 16.6. The maximum absolute atomic E-state index is 11.4. The molecule has 0 aliphatic carbocycles. The molecule has 0 aliphatic heterocycles. The molecule has 0 saturated heterocycles. The van der Waals surface area contributed by atoms with E-state index >= 15 is 0 Å². The van der Waals surface area contributed by atoms with Crippen LogP contribution in [0.25, 0.3) is 0 Å². The molecule has 0 aromatic rings. The monoisotopic (exact) mass is 246 g/mol. The molecule has 0 saturated carbocycles. The predicted octanol–water partition coefficient (Wildman–Crippen LogP) is 2.55. The SMILES string of the molecule is CCCCC(OCCOC(C)(C)C)C(=O)OC. The van der Waals surface area contributed by atoms with Crippen LogP contribution in [-0.4, -0.2) is 38.0 Å². The van der Waals surface area contributed by atoms with Crippen molar-refractivity contribution in [1.82, 2.24) is 0 Å². The number of carbonyl (C=O) groups is 1. The molecule has 0 amide bonds. The molecule has 102 valence electrons. The van der Waals surface area contributed by atoms with Gasteiger partial charge in [0.1, 0.15) is 0 Å². The zero-order valence-corrected chi connectivity index (χ0v) is 11.7. The third-order valence-electron chi connectivity index (χ3n) is 2.22. The van der Waals surface area contributed by atoms with Crippen molar-refractivity contribution < 1.29 is 19.0 Å². The van der Waals surface area contributed by atoms with Crippen LogP contribution in [0.15, 0.2) is 0 Å². The first kappa shape index (κ1) is 16.4. The van der Waals surface area contributed by atoms with Crippen molar-refractivity contribution in [3.05, 3.63) is 0 Å². The summed E-state index contributed by atoms with van der Waals surface area (Å²) in [6, 6.07) is 0. The summed E-state index contributed by atoms with van der Waals surface area (Å²) in [7, 11) is 1.39. The van der Waals surface area contributed by atoms with Gasteiger partial charge < -0.3 is 14.2 Å². The fraction of sp³-hybridized carbons (Fsp3) is 0.923. The Hall–Kier alpha value is -0.610. The van der Waals surface area contributed by atoms with Crippen LogP contribution in [0.4, 0.5) is 0 Å². The molecule has 0 aromatic heterocycles. The molecule has 4 nitrogen and oxygen atoms in total. The van der Waals surface area contributed by atoms with Gasteiger partial charge in [-0.1, -0.05) is 19.8 Å². The summed E-state index contributed by atoms with van der Waals surface area (Å²) in [6.07, 6.45) is 2.25. The fourth-order valence-electron chi connectivity index (χ4n) is 1.33. The predicted molar refractivity (Wildman–Crippen MR) is 67.0 cm³/mol. The van der Waals surface area contributed by atoms with Gasteiger partial charge in [0.15, 0.2) is 6.10 Å². The standard InChI is InChI=1S/C13H26O4/c1-6-7-8-11(12(14)15-5)16-9-10-17-13(2,3)4/h11H,6-10H2,1-5H3. The van der Waals surface area contributed by atoms with E-state index < -0.39 is 6.10 Å². The molecule has 0 bridgehead atoms. The minimum Gasteiger partial charge on any atom is -0.467 e. The normalized spacial score (nSPS) is 13.5. The van der Waals surface area contributed by atoms with E-state index in [1.165, 1.54) is 7.11 Å². The highest BCUT2D eigenvalue weighted by molar-refractivity contribution is 5.74. The first-order valence-corrected chi connectivity index (χ1v) is 6.24. The van der Waals surface area contributed by atoms with Crippen molar-refractivity contribution in [2.75, 3.05) is 20.3 Å². The minimum absolute atomic E-state index is 0.173. The molecule has 0 aromatic carbocycles. The van der Waals surface area contributed by atoms with Crippen molar-refractivity contribution in [3.63, 3.8) is 0 Å². The Morgan fingerprint density at radius 1 is 1.24 bits per heavy atom. The van der Waals surface area contributed by atoms with Crippen LogP contribution in [0.2, 0.25) is 0 Å². The molecular formula is C13H26O4. The summed E-state index contributed by atoms with van der Waals surface area (Å²) in [5.74, 6) is -0.297. The highest BCUT2D eigenvalue weighted by Gasteiger charge is 2.19. The molecule has 0 fully saturated rings. The van der Waals surface area contributed by atoms with Crippen LogP contribution in [0.3, 0.4) is 0 Å². The lowest BCUT2D eigenvalue weighted by Gasteiger charge is -2.21. The molecule has 0 aliphatic rings. The quantitative estimate of drug-likeness (QED) is 0.487. The van der Waals surface area contributed by atoms with Crippen LogP contribution >= 0.6 is 0 Å². The van der Waals surface area contributed by atoms with Crippen molar-refractivity contribution in [1.29, 1.82) is 0 Å².